The van der Waals surface area contributed by atoms with E-state index in [1.165, 1.54) is 20.2 Å². The Morgan fingerprint density at radius 1 is 1.33 bits per heavy atom. The van der Waals surface area contributed by atoms with Crippen LogP contribution in [0.4, 0.5) is 0 Å². The molecule has 0 aromatic heterocycles. The molecule has 1 amide bonds. The molecule has 0 aliphatic carbocycles. The minimum atomic E-state index is -1.22. The molecule has 0 bridgehead atoms. The van der Waals surface area contributed by atoms with Gasteiger partial charge in [-0.3, -0.25) is 14.6 Å². The first-order valence-electron chi connectivity index (χ1n) is 6.34. The highest BCUT2D eigenvalue weighted by Crippen LogP contribution is 2.04. The van der Waals surface area contributed by atoms with Crippen LogP contribution in [0.25, 0.3) is 6.08 Å². The molecular weight excluding hydrogens is 272 g/mol. The Hall–Kier alpha value is -2.31. The fraction of sp³-hybridized carbons (Fsp3) is 0.267. The number of aldehydes is 1. The largest absolute Gasteiger partial charge is 0.375 e. The van der Waals surface area contributed by atoms with Gasteiger partial charge in [-0.1, -0.05) is 36.4 Å². The monoisotopic (exact) mass is 290 g/mol. The number of carbonyl (C=O) groups excluding carboxylic acids is 3. The van der Waals surface area contributed by atoms with Crippen LogP contribution >= 0.6 is 0 Å². The van der Waals surface area contributed by atoms with E-state index in [9.17, 15) is 14.4 Å². The van der Waals surface area contributed by atoms with Gasteiger partial charge in [0.15, 0.2) is 18.1 Å². The molecule has 0 aliphatic heterocycles. The van der Waals surface area contributed by atoms with Crippen molar-refractivity contribution < 1.29 is 19.1 Å². The van der Waals surface area contributed by atoms with Crippen molar-refractivity contribution in [1.82, 2.24) is 10.4 Å². The first-order valence-corrected chi connectivity index (χ1v) is 6.34. The van der Waals surface area contributed by atoms with Gasteiger partial charge in [0.2, 0.25) is 0 Å². The molecule has 21 heavy (non-hydrogen) atoms. The zero-order valence-corrected chi connectivity index (χ0v) is 12.0. The summed E-state index contributed by atoms with van der Waals surface area (Å²) in [5.74, 6) is -0.994. The maximum absolute atomic E-state index is 12.1. The number of benzene rings is 1. The number of hydrogen-bond acceptors (Lipinski definition) is 5. The van der Waals surface area contributed by atoms with Crippen LogP contribution in [0, 0.1) is 0 Å². The van der Waals surface area contributed by atoms with Crippen molar-refractivity contribution in [2.24, 2.45) is 0 Å². The van der Waals surface area contributed by atoms with E-state index in [1.54, 1.807) is 6.08 Å². The first kappa shape index (κ1) is 16.7. The number of nitrogens with zero attached hydrogens (tertiary/aromatic N) is 1. The number of methoxy groups -OCH3 is 1. The molecular formula is C15H18N2O4. The Bertz CT molecular complexity index is 514. The predicted molar refractivity (Wildman–Crippen MR) is 78.1 cm³/mol. The van der Waals surface area contributed by atoms with Gasteiger partial charge in [0.25, 0.3) is 5.91 Å². The zero-order chi connectivity index (χ0) is 15.7. The normalized spacial score (nSPS) is 12.1. The maximum Gasteiger partial charge on any atom is 0.263 e. The van der Waals surface area contributed by atoms with E-state index in [-0.39, 0.29) is 6.61 Å². The summed E-state index contributed by atoms with van der Waals surface area (Å²) in [5.41, 5.74) is 3.36. The standard InChI is InChI=1S/C15H18N2O4/c1-16-17(15(20)11-21-2)13(10-18)14(19)9-8-12-6-4-3-5-7-12/h3-10,13,16H,11H2,1-2H3. The van der Waals surface area contributed by atoms with Gasteiger partial charge in [0.05, 0.1) is 0 Å². The van der Waals surface area contributed by atoms with E-state index in [2.05, 4.69) is 5.43 Å². The van der Waals surface area contributed by atoms with Crippen molar-refractivity contribution in [3.8, 4) is 0 Å². The van der Waals surface area contributed by atoms with Crippen LogP contribution in [-0.2, 0) is 19.1 Å². The van der Waals surface area contributed by atoms with E-state index >= 15 is 0 Å². The second-order valence-corrected chi connectivity index (χ2v) is 4.15. The molecule has 1 aromatic rings. The van der Waals surface area contributed by atoms with Crippen LogP contribution in [-0.4, -0.2) is 49.8 Å². The molecule has 0 spiro atoms. The molecule has 1 N–H and O–H groups in total. The zero-order valence-electron chi connectivity index (χ0n) is 12.0. The van der Waals surface area contributed by atoms with Crippen LogP contribution in [0.1, 0.15) is 5.56 Å². The Morgan fingerprint density at radius 3 is 2.52 bits per heavy atom. The highest BCUT2D eigenvalue weighted by Gasteiger charge is 2.27. The quantitative estimate of drug-likeness (QED) is 0.325. The summed E-state index contributed by atoms with van der Waals surface area (Å²) in [7, 11) is 2.82. The molecule has 0 heterocycles. The molecule has 0 saturated carbocycles. The first-order chi connectivity index (χ1) is 10.1. The van der Waals surface area contributed by atoms with Crippen molar-refractivity contribution in [2.45, 2.75) is 6.04 Å². The minimum absolute atomic E-state index is 0.221. The Morgan fingerprint density at radius 2 is 2.00 bits per heavy atom. The summed E-state index contributed by atoms with van der Waals surface area (Å²) in [4.78, 5) is 35.0. The average molecular weight is 290 g/mol. The minimum Gasteiger partial charge on any atom is -0.375 e. The average Bonchev–Trinajstić information content (AvgIpc) is 2.51. The third-order valence-electron chi connectivity index (χ3n) is 2.72. The smallest absolute Gasteiger partial charge is 0.263 e. The van der Waals surface area contributed by atoms with E-state index in [1.807, 2.05) is 30.3 Å². The van der Waals surface area contributed by atoms with E-state index in [0.29, 0.717) is 6.29 Å². The third kappa shape index (κ3) is 4.94. The second-order valence-electron chi connectivity index (χ2n) is 4.15. The molecule has 112 valence electrons. The van der Waals surface area contributed by atoms with E-state index in [4.69, 9.17) is 4.74 Å². The lowest BCUT2D eigenvalue weighted by Gasteiger charge is -2.24. The van der Waals surface area contributed by atoms with Crippen LogP contribution in [0.15, 0.2) is 36.4 Å². The lowest BCUT2D eigenvalue weighted by atomic mass is 10.1. The van der Waals surface area contributed by atoms with Crippen LogP contribution < -0.4 is 5.43 Å². The van der Waals surface area contributed by atoms with Crippen LogP contribution in [0.2, 0.25) is 0 Å². The van der Waals surface area contributed by atoms with Crippen molar-refractivity contribution in [3.05, 3.63) is 42.0 Å². The van der Waals surface area contributed by atoms with Gasteiger partial charge in [0.1, 0.15) is 6.61 Å². The van der Waals surface area contributed by atoms with E-state index < -0.39 is 17.7 Å². The SMILES string of the molecule is CNN(C(=O)COC)C(C=O)C(=O)C=Cc1ccccc1. The van der Waals surface area contributed by atoms with E-state index in [0.717, 1.165) is 10.6 Å². The third-order valence-corrected chi connectivity index (χ3v) is 2.72. The summed E-state index contributed by atoms with van der Waals surface area (Å²) in [5, 5.41) is 0.953. The molecule has 0 fully saturated rings. The number of carbonyl (C=O) groups is 3. The lowest BCUT2D eigenvalue weighted by molar-refractivity contribution is -0.147. The summed E-state index contributed by atoms with van der Waals surface area (Å²) in [6.07, 6.45) is 3.29. The van der Waals surface area contributed by atoms with Crippen LogP contribution in [0.5, 0.6) is 0 Å². The molecule has 1 rings (SSSR count). The van der Waals surface area contributed by atoms with Gasteiger partial charge in [-0.2, -0.15) is 0 Å². The van der Waals surface area contributed by atoms with Gasteiger partial charge in [-0.05, 0) is 11.6 Å². The number of ketones is 1. The van der Waals surface area contributed by atoms with Crippen LogP contribution in [0.3, 0.4) is 0 Å². The Labute approximate surface area is 123 Å². The Kier molecular flexibility index (Phi) is 7.00. The highest BCUT2D eigenvalue weighted by atomic mass is 16.5. The molecule has 6 nitrogen and oxygen atoms in total. The highest BCUT2D eigenvalue weighted by molar-refractivity contribution is 6.08. The number of hydrogen-bond donors (Lipinski definition) is 1. The summed E-state index contributed by atoms with van der Waals surface area (Å²) in [6, 6.07) is 7.96. The fourth-order valence-electron chi connectivity index (χ4n) is 1.71. The molecule has 0 radical (unpaired) electrons. The van der Waals surface area contributed by atoms with Gasteiger partial charge < -0.3 is 9.53 Å². The van der Waals surface area contributed by atoms with Gasteiger partial charge >= 0.3 is 0 Å². The van der Waals surface area contributed by atoms with Crippen molar-refractivity contribution in [2.75, 3.05) is 20.8 Å². The van der Waals surface area contributed by atoms with Gasteiger partial charge in [-0.15, -0.1) is 0 Å². The number of hydrazine groups is 1. The summed E-state index contributed by atoms with van der Waals surface area (Å²) >= 11 is 0. The topological polar surface area (TPSA) is 75.7 Å². The van der Waals surface area contributed by atoms with Crippen molar-refractivity contribution in [1.29, 1.82) is 0 Å². The maximum atomic E-state index is 12.1. The predicted octanol–water partition coefficient (Wildman–Crippen LogP) is 0.446. The number of amides is 1. The number of nitrogens with one attached hydrogen (secondary N) is 1. The fourth-order valence-corrected chi connectivity index (χ4v) is 1.71. The Balaban J connectivity index is 2.83. The van der Waals surface area contributed by atoms with Crippen molar-refractivity contribution in [3.63, 3.8) is 0 Å². The van der Waals surface area contributed by atoms with Crippen molar-refractivity contribution >= 4 is 24.1 Å². The molecule has 6 heteroatoms. The molecule has 1 unspecified atom stereocenters. The summed E-state index contributed by atoms with van der Waals surface area (Å²) < 4.78 is 4.71. The second kappa shape index (κ2) is 8.78. The molecule has 0 saturated heterocycles. The van der Waals surface area contributed by atoms with Gasteiger partial charge in [-0.25, -0.2) is 5.43 Å². The van der Waals surface area contributed by atoms with Gasteiger partial charge in [0, 0.05) is 14.2 Å². The molecule has 1 aromatic carbocycles. The molecule has 0 aliphatic rings. The molecule has 1 atom stereocenters. The number of ether oxygens (including phenoxy) is 1. The number of rotatable bonds is 8. The summed E-state index contributed by atoms with van der Waals surface area (Å²) in [6.45, 7) is -0.221. The lowest BCUT2D eigenvalue weighted by Crippen LogP contribution is -2.53.